The van der Waals surface area contributed by atoms with Crippen LogP contribution in [0.5, 0.6) is 0 Å². The molecule has 2 heterocycles. The number of fused-ring (bicyclic) bond motifs is 2. The van der Waals surface area contributed by atoms with E-state index in [1.807, 2.05) is 12.3 Å². The van der Waals surface area contributed by atoms with Crippen LogP contribution in [0.2, 0.25) is 5.28 Å². The second-order valence-electron chi connectivity index (χ2n) is 9.25. The Labute approximate surface area is 203 Å². The van der Waals surface area contributed by atoms with Crippen LogP contribution in [0.25, 0.3) is 21.8 Å². The van der Waals surface area contributed by atoms with E-state index in [4.69, 9.17) is 16.9 Å². The molecule has 1 N–H and O–H groups in total. The number of benzene rings is 2. The van der Waals surface area contributed by atoms with E-state index in [1.165, 1.54) is 11.6 Å². The van der Waals surface area contributed by atoms with Crippen LogP contribution in [0.15, 0.2) is 48.7 Å². The number of aromatic nitrogens is 3. The molecular formula is C27H25ClFN5. The van der Waals surface area contributed by atoms with Crippen molar-refractivity contribution in [2.75, 3.05) is 5.32 Å². The Morgan fingerprint density at radius 2 is 1.88 bits per heavy atom. The number of hydrogen-bond acceptors (Lipinski definition) is 5. The number of nitrogens with zero attached hydrogens (tertiary/aromatic N) is 4. The molecular weight excluding hydrogens is 449 g/mol. The molecule has 5 nitrogen and oxygen atoms in total. The zero-order valence-electron chi connectivity index (χ0n) is 18.9. The van der Waals surface area contributed by atoms with Crippen molar-refractivity contribution in [3.63, 3.8) is 0 Å². The van der Waals surface area contributed by atoms with Gasteiger partial charge in [0.2, 0.25) is 5.28 Å². The highest BCUT2D eigenvalue weighted by atomic mass is 35.5. The molecule has 34 heavy (non-hydrogen) atoms. The minimum absolute atomic E-state index is 0.166. The van der Waals surface area contributed by atoms with Crippen molar-refractivity contribution < 1.29 is 4.39 Å². The summed E-state index contributed by atoms with van der Waals surface area (Å²) in [4.78, 5) is 13.1. The fraction of sp³-hybridized carbons (Fsp3) is 0.333. The van der Waals surface area contributed by atoms with Gasteiger partial charge in [-0.3, -0.25) is 4.98 Å². The highest BCUT2D eigenvalue weighted by Crippen LogP contribution is 2.40. The lowest BCUT2D eigenvalue weighted by Gasteiger charge is -2.31. The summed E-state index contributed by atoms with van der Waals surface area (Å²) in [6, 6.07) is 14.6. The summed E-state index contributed by atoms with van der Waals surface area (Å²) in [5.41, 5.74) is 3.28. The molecule has 1 fully saturated rings. The van der Waals surface area contributed by atoms with Crippen LogP contribution in [0, 0.1) is 23.1 Å². The molecule has 0 radical (unpaired) electrons. The predicted octanol–water partition coefficient (Wildman–Crippen LogP) is 7.01. The number of nitrogens with one attached hydrogen (secondary N) is 1. The lowest BCUT2D eigenvalue weighted by molar-refractivity contribution is 0.302. The summed E-state index contributed by atoms with van der Waals surface area (Å²) < 4.78 is 13.9. The normalized spacial score (nSPS) is 19.1. The SMILES string of the molecule is C[C@H](C[C@H]1CC[C@H](c2ccnc3ccc(F)cc32)CC1)Nc1nc(Cl)nc2cc(C#N)ccc12. The molecule has 5 rings (SSSR count). The Hall–Kier alpha value is -3.30. The lowest BCUT2D eigenvalue weighted by Crippen LogP contribution is -2.23. The van der Waals surface area contributed by atoms with E-state index in [0.717, 1.165) is 48.4 Å². The maximum atomic E-state index is 13.9. The first-order valence-corrected chi connectivity index (χ1v) is 12.1. The van der Waals surface area contributed by atoms with Gasteiger partial charge in [0.25, 0.3) is 0 Å². The van der Waals surface area contributed by atoms with Gasteiger partial charge in [0.05, 0.1) is 22.7 Å². The minimum atomic E-state index is -0.212. The van der Waals surface area contributed by atoms with Crippen molar-refractivity contribution in [2.24, 2.45) is 5.92 Å². The number of halogens is 2. The van der Waals surface area contributed by atoms with Gasteiger partial charge < -0.3 is 5.32 Å². The van der Waals surface area contributed by atoms with E-state index in [9.17, 15) is 4.39 Å². The smallest absolute Gasteiger partial charge is 0.224 e. The maximum absolute atomic E-state index is 13.9. The molecule has 0 spiro atoms. The molecule has 172 valence electrons. The lowest BCUT2D eigenvalue weighted by atomic mass is 9.76. The van der Waals surface area contributed by atoms with Gasteiger partial charge in [0.1, 0.15) is 11.6 Å². The number of anilines is 1. The second kappa shape index (κ2) is 9.52. The van der Waals surface area contributed by atoms with Crippen molar-refractivity contribution in [3.05, 3.63) is 70.9 Å². The van der Waals surface area contributed by atoms with Crippen molar-refractivity contribution in [1.82, 2.24) is 15.0 Å². The Bertz CT molecular complexity index is 1390. The average molecular weight is 474 g/mol. The van der Waals surface area contributed by atoms with Gasteiger partial charge in [-0.25, -0.2) is 14.4 Å². The summed E-state index contributed by atoms with van der Waals surface area (Å²) >= 11 is 6.15. The fourth-order valence-corrected chi connectivity index (χ4v) is 5.45. The van der Waals surface area contributed by atoms with Crippen LogP contribution in [0.1, 0.15) is 56.1 Å². The first kappa shape index (κ1) is 22.5. The zero-order valence-corrected chi connectivity index (χ0v) is 19.7. The molecule has 7 heteroatoms. The fourth-order valence-electron chi connectivity index (χ4n) is 5.28. The molecule has 1 saturated carbocycles. The van der Waals surface area contributed by atoms with Gasteiger partial charge in [0, 0.05) is 23.0 Å². The van der Waals surface area contributed by atoms with Crippen LogP contribution in [0.4, 0.5) is 10.2 Å². The molecule has 0 aliphatic heterocycles. The van der Waals surface area contributed by atoms with Gasteiger partial charge in [-0.2, -0.15) is 5.26 Å². The number of rotatable bonds is 5. The van der Waals surface area contributed by atoms with Crippen molar-refractivity contribution in [3.8, 4) is 6.07 Å². The Balaban J connectivity index is 1.25. The molecule has 0 bridgehead atoms. The van der Waals surface area contributed by atoms with E-state index in [2.05, 4.69) is 39.3 Å². The van der Waals surface area contributed by atoms with Gasteiger partial charge in [0.15, 0.2) is 0 Å². The van der Waals surface area contributed by atoms with E-state index in [-0.39, 0.29) is 17.1 Å². The Morgan fingerprint density at radius 3 is 2.68 bits per heavy atom. The third-order valence-electron chi connectivity index (χ3n) is 6.89. The topological polar surface area (TPSA) is 74.5 Å². The first-order valence-electron chi connectivity index (χ1n) is 11.7. The predicted molar refractivity (Wildman–Crippen MR) is 133 cm³/mol. The summed E-state index contributed by atoms with van der Waals surface area (Å²) in [6.45, 7) is 2.16. The monoisotopic (exact) mass is 473 g/mol. The quantitative estimate of drug-likeness (QED) is 0.315. The third-order valence-corrected chi connectivity index (χ3v) is 7.06. The molecule has 0 amide bonds. The zero-order chi connectivity index (χ0) is 23.7. The molecule has 2 aromatic heterocycles. The van der Waals surface area contributed by atoms with Gasteiger partial charge in [-0.15, -0.1) is 0 Å². The van der Waals surface area contributed by atoms with Crippen molar-refractivity contribution >= 4 is 39.2 Å². The van der Waals surface area contributed by atoms with Crippen molar-refractivity contribution in [1.29, 1.82) is 5.26 Å². The van der Waals surface area contributed by atoms with Crippen molar-refractivity contribution in [2.45, 2.75) is 51.0 Å². The van der Waals surface area contributed by atoms with E-state index >= 15 is 0 Å². The summed E-state index contributed by atoms with van der Waals surface area (Å²) in [6.07, 6.45) is 7.31. The molecule has 0 unspecified atom stereocenters. The highest BCUT2D eigenvalue weighted by Gasteiger charge is 2.25. The summed E-state index contributed by atoms with van der Waals surface area (Å²) in [7, 11) is 0. The average Bonchev–Trinajstić information content (AvgIpc) is 2.83. The maximum Gasteiger partial charge on any atom is 0.224 e. The molecule has 0 saturated heterocycles. The standard InChI is InChI=1S/C27H25ClFN5/c1-16(32-26-22-8-4-18(15-30)13-25(22)33-27(28)34-26)12-17-2-5-19(6-3-17)21-10-11-31-24-9-7-20(29)14-23(21)24/h4,7-11,13-14,16-17,19H,2-3,5-6,12H2,1H3,(H,32,33,34)/t16-,17-,19-/m1/s1. The first-order chi connectivity index (χ1) is 16.5. The molecule has 1 aliphatic rings. The largest absolute Gasteiger partial charge is 0.367 e. The van der Waals surface area contributed by atoms with Crippen LogP contribution < -0.4 is 5.32 Å². The van der Waals surface area contributed by atoms with Gasteiger partial charge in [-0.1, -0.05) is 0 Å². The Morgan fingerprint density at radius 1 is 1.06 bits per heavy atom. The minimum Gasteiger partial charge on any atom is -0.367 e. The summed E-state index contributed by atoms with van der Waals surface area (Å²) in [5, 5.41) is 14.6. The number of nitriles is 1. The number of pyridine rings is 1. The van der Waals surface area contributed by atoms with Gasteiger partial charge >= 0.3 is 0 Å². The highest BCUT2D eigenvalue weighted by molar-refractivity contribution is 6.28. The third kappa shape index (κ3) is 4.67. The van der Waals surface area contributed by atoms with E-state index in [0.29, 0.717) is 28.7 Å². The molecule has 2 aromatic carbocycles. The second-order valence-corrected chi connectivity index (χ2v) is 9.58. The summed E-state index contributed by atoms with van der Waals surface area (Å²) in [5.74, 6) is 1.53. The van der Waals surface area contributed by atoms with E-state index < -0.39 is 0 Å². The number of hydrogen-bond donors (Lipinski definition) is 1. The van der Waals surface area contributed by atoms with Crippen LogP contribution in [-0.4, -0.2) is 21.0 Å². The Kier molecular flexibility index (Phi) is 6.30. The molecule has 4 aromatic rings. The van der Waals surface area contributed by atoms with Crippen LogP contribution >= 0.6 is 11.6 Å². The van der Waals surface area contributed by atoms with E-state index in [1.54, 1.807) is 24.3 Å². The van der Waals surface area contributed by atoms with Crippen LogP contribution in [-0.2, 0) is 0 Å². The van der Waals surface area contributed by atoms with Crippen LogP contribution in [0.3, 0.4) is 0 Å². The molecule has 1 atom stereocenters. The van der Waals surface area contributed by atoms with Gasteiger partial charge in [-0.05, 0) is 110 Å². The molecule has 1 aliphatic carbocycles.